The van der Waals surface area contributed by atoms with Crippen molar-refractivity contribution in [2.45, 2.75) is 6.92 Å². The van der Waals surface area contributed by atoms with Crippen molar-refractivity contribution in [1.29, 1.82) is 0 Å². The molecule has 0 saturated carbocycles. The Kier molecular flexibility index (Phi) is 5.87. The van der Waals surface area contributed by atoms with Gasteiger partial charge in [0.15, 0.2) is 0 Å². The van der Waals surface area contributed by atoms with Crippen LogP contribution in [0.1, 0.15) is 17.4 Å². The van der Waals surface area contributed by atoms with Gasteiger partial charge in [0, 0.05) is 12.6 Å². The maximum atomic E-state index is 13.6. The zero-order valence-corrected chi connectivity index (χ0v) is 14.9. The van der Waals surface area contributed by atoms with Crippen molar-refractivity contribution < 1.29 is 14.0 Å². The molecule has 126 valence electrons. The number of carbonyl (C=O) groups is 2. The van der Waals surface area contributed by atoms with Crippen molar-refractivity contribution in [2.75, 3.05) is 10.6 Å². The van der Waals surface area contributed by atoms with Gasteiger partial charge in [-0.25, -0.2) is 9.37 Å². The van der Waals surface area contributed by atoms with E-state index in [1.165, 1.54) is 19.1 Å². The van der Waals surface area contributed by atoms with E-state index >= 15 is 0 Å². The first-order chi connectivity index (χ1) is 11.2. The maximum absolute atomic E-state index is 13.6. The Morgan fingerprint density at radius 1 is 1.04 bits per heavy atom. The maximum Gasteiger partial charge on any atom is 0.275 e. The number of hydrogen-bond acceptors (Lipinski definition) is 3. The first-order valence-electron chi connectivity index (χ1n) is 6.29. The topological polar surface area (TPSA) is 71.1 Å². The van der Waals surface area contributed by atoms with Crippen LogP contribution in [-0.4, -0.2) is 16.8 Å². The van der Waals surface area contributed by atoms with E-state index in [0.717, 1.165) is 6.07 Å². The molecular weight excluding hydrogens is 403 g/mol. The molecule has 2 amide bonds. The van der Waals surface area contributed by atoms with Gasteiger partial charge in [0.1, 0.15) is 16.7 Å². The van der Waals surface area contributed by atoms with Gasteiger partial charge in [0.25, 0.3) is 5.91 Å². The fraction of sp³-hybridized carbons (Fsp3) is 0.0714. The number of halogens is 5. The number of rotatable bonds is 3. The lowest BCUT2D eigenvalue weighted by Gasteiger charge is -2.11. The predicted molar refractivity (Wildman–Crippen MR) is 92.9 cm³/mol. The molecule has 5 nitrogen and oxygen atoms in total. The Bertz CT molecular complexity index is 845. The van der Waals surface area contributed by atoms with Gasteiger partial charge >= 0.3 is 0 Å². The van der Waals surface area contributed by atoms with E-state index in [4.69, 9.17) is 46.4 Å². The highest BCUT2D eigenvalue weighted by molar-refractivity contribution is 6.52. The molecule has 0 saturated heterocycles. The van der Waals surface area contributed by atoms with Gasteiger partial charge in [-0.3, -0.25) is 9.59 Å². The van der Waals surface area contributed by atoms with Gasteiger partial charge in [0.05, 0.1) is 20.8 Å². The Morgan fingerprint density at radius 3 is 2.33 bits per heavy atom. The number of amides is 2. The fourth-order valence-electron chi connectivity index (χ4n) is 1.72. The van der Waals surface area contributed by atoms with Gasteiger partial charge in [-0.15, -0.1) is 0 Å². The Balaban J connectivity index is 2.32. The molecule has 1 heterocycles. The van der Waals surface area contributed by atoms with Crippen LogP contribution in [0.15, 0.2) is 18.2 Å². The summed E-state index contributed by atoms with van der Waals surface area (Å²) in [5.74, 6) is -1.85. The van der Waals surface area contributed by atoms with Gasteiger partial charge in [-0.2, -0.15) is 0 Å². The van der Waals surface area contributed by atoms with Gasteiger partial charge < -0.3 is 10.6 Å². The molecule has 0 bridgehead atoms. The number of benzene rings is 1. The average Bonchev–Trinajstić information content (AvgIpc) is 2.51. The van der Waals surface area contributed by atoms with E-state index in [0.29, 0.717) is 0 Å². The highest BCUT2D eigenvalue weighted by atomic mass is 35.5. The zero-order valence-electron chi connectivity index (χ0n) is 11.9. The number of nitrogens with zero attached hydrogens (tertiary/aromatic N) is 1. The molecule has 0 fully saturated rings. The van der Waals surface area contributed by atoms with Crippen LogP contribution in [0.25, 0.3) is 0 Å². The summed E-state index contributed by atoms with van der Waals surface area (Å²) in [6.07, 6.45) is 0. The van der Waals surface area contributed by atoms with Crippen LogP contribution in [0.3, 0.4) is 0 Å². The number of pyridine rings is 1. The Hall–Kier alpha value is -1.60. The van der Waals surface area contributed by atoms with E-state index in [1.54, 1.807) is 0 Å². The molecule has 0 aliphatic carbocycles. The number of carbonyl (C=O) groups excluding carboxylic acids is 2. The standard InChI is InChI=1S/C14H8Cl4FN3O2/c1-5(23)20-8-4-6(2-3-7(8)19)21-14(24)12-10(16)9(15)11(17)13(18)22-12/h2-4H,1H3,(H,20,23)(H,21,24). The third-order valence-electron chi connectivity index (χ3n) is 2.73. The first kappa shape index (κ1) is 18.7. The summed E-state index contributed by atoms with van der Waals surface area (Å²) in [5.41, 5.74) is -0.141. The summed E-state index contributed by atoms with van der Waals surface area (Å²) in [7, 11) is 0. The van der Waals surface area contributed by atoms with E-state index in [2.05, 4.69) is 15.6 Å². The van der Waals surface area contributed by atoms with E-state index in [-0.39, 0.29) is 37.3 Å². The van der Waals surface area contributed by atoms with E-state index in [9.17, 15) is 14.0 Å². The SMILES string of the molecule is CC(=O)Nc1cc(NC(=O)c2nc(Cl)c(Cl)c(Cl)c2Cl)ccc1F. The van der Waals surface area contributed by atoms with Crippen LogP contribution in [0.4, 0.5) is 15.8 Å². The minimum Gasteiger partial charge on any atom is -0.324 e. The van der Waals surface area contributed by atoms with Gasteiger partial charge in [-0.05, 0) is 18.2 Å². The second kappa shape index (κ2) is 7.53. The van der Waals surface area contributed by atoms with Crippen molar-refractivity contribution in [3.8, 4) is 0 Å². The molecule has 2 N–H and O–H groups in total. The molecular formula is C14H8Cl4FN3O2. The predicted octanol–water partition coefficient (Wildman–Crippen LogP) is 5.05. The summed E-state index contributed by atoms with van der Waals surface area (Å²) in [6, 6.07) is 3.62. The first-order valence-corrected chi connectivity index (χ1v) is 7.80. The van der Waals surface area contributed by atoms with Gasteiger partial charge in [0.2, 0.25) is 5.91 Å². The lowest BCUT2D eigenvalue weighted by molar-refractivity contribution is -0.114. The molecule has 0 unspecified atom stereocenters. The number of hydrogen-bond donors (Lipinski definition) is 2. The third kappa shape index (κ3) is 4.08. The molecule has 0 aliphatic heterocycles. The molecule has 2 aromatic rings. The van der Waals surface area contributed by atoms with Crippen molar-refractivity contribution in [2.24, 2.45) is 0 Å². The second-order valence-corrected chi connectivity index (χ2v) is 6.02. The van der Waals surface area contributed by atoms with Crippen LogP contribution >= 0.6 is 46.4 Å². The number of nitrogens with one attached hydrogen (secondary N) is 2. The molecule has 0 atom stereocenters. The van der Waals surface area contributed by atoms with Crippen LogP contribution in [0, 0.1) is 5.82 Å². The number of aromatic nitrogens is 1. The fourth-order valence-corrected chi connectivity index (χ4v) is 2.53. The van der Waals surface area contributed by atoms with Crippen molar-refractivity contribution in [1.82, 2.24) is 4.98 Å². The molecule has 24 heavy (non-hydrogen) atoms. The Morgan fingerprint density at radius 2 is 1.71 bits per heavy atom. The minimum absolute atomic E-state index is 0.0744. The monoisotopic (exact) mass is 409 g/mol. The molecule has 10 heteroatoms. The normalized spacial score (nSPS) is 10.4. The van der Waals surface area contributed by atoms with Crippen molar-refractivity contribution >= 4 is 69.6 Å². The molecule has 0 aliphatic rings. The summed E-state index contributed by atoms with van der Waals surface area (Å²) in [6.45, 7) is 1.23. The third-order valence-corrected chi connectivity index (χ3v) is 4.41. The molecule has 1 aromatic carbocycles. The smallest absolute Gasteiger partial charge is 0.275 e. The summed E-state index contributed by atoms with van der Waals surface area (Å²) in [4.78, 5) is 27.1. The average molecular weight is 411 g/mol. The highest BCUT2D eigenvalue weighted by Crippen LogP contribution is 2.36. The van der Waals surface area contributed by atoms with Crippen molar-refractivity contribution in [3.63, 3.8) is 0 Å². The molecule has 0 radical (unpaired) electrons. The quantitative estimate of drug-likeness (QED) is 0.695. The van der Waals surface area contributed by atoms with E-state index in [1.807, 2.05) is 0 Å². The van der Waals surface area contributed by atoms with E-state index < -0.39 is 17.6 Å². The largest absolute Gasteiger partial charge is 0.324 e. The van der Waals surface area contributed by atoms with Crippen LogP contribution in [0.2, 0.25) is 20.2 Å². The van der Waals surface area contributed by atoms with Gasteiger partial charge in [-0.1, -0.05) is 46.4 Å². The summed E-state index contributed by atoms with van der Waals surface area (Å²) in [5, 5.41) is 4.20. The van der Waals surface area contributed by atoms with Crippen LogP contribution in [0.5, 0.6) is 0 Å². The molecule has 0 spiro atoms. The number of anilines is 2. The highest BCUT2D eigenvalue weighted by Gasteiger charge is 2.20. The second-order valence-electron chi connectivity index (χ2n) is 4.52. The van der Waals surface area contributed by atoms with Crippen LogP contribution < -0.4 is 10.6 Å². The minimum atomic E-state index is -0.735. The summed E-state index contributed by atoms with van der Waals surface area (Å²) >= 11 is 23.4. The Labute approximate surface area is 156 Å². The zero-order chi connectivity index (χ0) is 18.0. The van der Waals surface area contributed by atoms with Crippen LogP contribution in [-0.2, 0) is 4.79 Å². The molecule has 1 aromatic heterocycles. The summed E-state index contributed by atoms with van der Waals surface area (Å²) < 4.78 is 13.6. The lowest BCUT2D eigenvalue weighted by atomic mass is 10.2. The van der Waals surface area contributed by atoms with Crippen molar-refractivity contribution in [3.05, 3.63) is 49.9 Å². The molecule has 2 rings (SSSR count). The lowest BCUT2D eigenvalue weighted by Crippen LogP contribution is -2.15.